The minimum Gasteiger partial charge on any atom is -0.398 e. The fourth-order valence-electron chi connectivity index (χ4n) is 1.80. The lowest BCUT2D eigenvalue weighted by Crippen LogP contribution is -2.29. The van der Waals surface area contributed by atoms with E-state index in [2.05, 4.69) is 5.43 Å². The molecule has 4 nitrogen and oxygen atoms in total. The summed E-state index contributed by atoms with van der Waals surface area (Å²) in [6.07, 6.45) is 0. The first kappa shape index (κ1) is 14.9. The van der Waals surface area contributed by atoms with Gasteiger partial charge in [-0.15, -0.1) is 23.1 Å². The van der Waals surface area contributed by atoms with Gasteiger partial charge in [0.1, 0.15) is 0 Å². The molecule has 1 aromatic carbocycles. The molecule has 1 heterocycles. The normalized spacial score (nSPS) is 10.6. The van der Waals surface area contributed by atoms with Gasteiger partial charge in [0.15, 0.2) is 0 Å². The standard InChI is InChI=1S/C14H17N3OS2/c1-8-3-4-12(11(15)5-8)19-7-10-6-13(14(18)17-16)20-9(10)2/h3-6H,7,15-16H2,1-2H3,(H,17,18). The molecule has 0 fully saturated rings. The van der Waals surface area contributed by atoms with E-state index in [1.165, 1.54) is 11.3 Å². The summed E-state index contributed by atoms with van der Waals surface area (Å²) in [5, 5.41) is 0. The van der Waals surface area contributed by atoms with E-state index in [1.54, 1.807) is 11.8 Å². The smallest absolute Gasteiger partial charge is 0.275 e. The third-order valence-electron chi connectivity index (χ3n) is 2.92. The van der Waals surface area contributed by atoms with Crippen molar-refractivity contribution in [3.63, 3.8) is 0 Å². The number of thiophene rings is 1. The molecule has 0 spiro atoms. The molecular weight excluding hydrogens is 290 g/mol. The molecule has 0 aliphatic heterocycles. The van der Waals surface area contributed by atoms with Crippen molar-refractivity contribution in [1.82, 2.24) is 5.43 Å². The van der Waals surface area contributed by atoms with Gasteiger partial charge in [-0.2, -0.15) is 0 Å². The van der Waals surface area contributed by atoms with E-state index in [0.29, 0.717) is 4.88 Å². The largest absolute Gasteiger partial charge is 0.398 e. The third kappa shape index (κ3) is 3.33. The van der Waals surface area contributed by atoms with Crippen LogP contribution >= 0.6 is 23.1 Å². The zero-order valence-corrected chi connectivity index (χ0v) is 13.0. The number of thioether (sulfide) groups is 1. The molecule has 0 atom stereocenters. The Kier molecular flexibility index (Phi) is 4.69. The number of anilines is 1. The van der Waals surface area contributed by atoms with E-state index in [4.69, 9.17) is 11.6 Å². The Morgan fingerprint density at radius 2 is 2.10 bits per heavy atom. The summed E-state index contributed by atoms with van der Waals surface area (Å²) < 4.78 is 0. The highest BCUT2D eigenvalue weighted by Gasteiger charge is 2.12. The molecule has 0 aliphatic carbocycles. The number of aryl methyl sites for hydroxylation is 2. The Hall–Kier alpha value is -1.50. The van der Waals surface area contributed by atoms with Crippen LogP contribution in [0.5, 0.6) is 0 Å². The average molecular weight is 307 g/mol. The lowest BCUT2D eigenvalue weighted by Gasteiger charge is -2.06. The second kappa shape index (κ2) is 6.30. The number of carbonyl (C=O) groups excluding carboxylic acids is 1. The molecule has 1 aromatic heterocycles. The van der Waals surface area contributed by atoms with Crippen molar-refractivity contribution in [2.24, 2.45) is 5.84 Å². The first-order valence-electron chi connectivity index (χ1n) is 6.10. The summed E-state index contributed by atoms with van der Waals surface area (Å²) in [6, 6.07) is 7.94. The van der Waals surface area contributed by atoms with Gasteiger partial charge in [-0.1, -0.05) is 6.07 Å². The van der Waals surface area contributed by atoms with Crippen molar-refractivity contribution in [1.29, 1.82) is 0 Å². The minimum atomic E-state index is -0.246. The van der Waals surface area contributed by atoms with Gasteiger partial charge < -0.3 is 5.73 Å². The van der Waals surface area contributed by atoms with Crippen molar-refractivity contribution in [2.45, 2.75) is 24.5 Å². The summed E-state index contributed by atoms with van der Waals surface area (Å²) in [4.78, 5) is 14.3. The monoisotopic (exact) mass is 307 g/mol. The maximum atomic E-state index is 11.5. The Balaban J connectivity index is 2.11. The number of nitrogen functional groups attached to an aromatic ring is 2. The van der Waals surface area contributed by atoms with E-state index >= 15 is 0 Å². The summed E-state index contributed by atoms with van der Waals surface area (Å²) in [6.45, 7) is 4.03. The molecule has 106 valence electrons. The predicted octanol–water partition coefficient (Wildman–Crippen LogP) is 2.84. The van der Waals surface area contributed by atoms with E-state index in [-0.39, 0.29) is 5.91 Å². The van der Waals surface area contributed by atoms with Crippen LogP contribution in [0.4, 0.5) is 5.69 Å². The molecule has 0 saturated carbocycles. The number of nitrogens with one attached hydrogen (secondary N) is 1. The maximum Gasteiger partial charge on any atom is 0.275 e. The van der Waals surface area contributed by atoms with Crippen LogP contribution in [0.3, 0.4) is 0 Å². The molecule has 0 bridgehead atoms. The van der Waals surface area contributed by atoms with Crippen LogP contribution in [-0.4, -0.2) is 5.91 Å². The molecule has 5 N–H and O–H groups in total. The summed E-state index contributed by atoms with van der Waals surface area (Å²) in [5.41, 5.74) is 11.2. The fourth-order valence-corrected chi connectivity index (χ4v) is 3.84. The molecular formula is C14H17N3OS2. The number of hydrazine groups is 1. The molecule has 1 amide bonds. The lowest BCUT2D eigenvalue weighted by molar-refractivity contribution is 0.0957. The molecule has 6 heteroatoms. The van der Waals surface area contributed by atoms with Gasteiger partial charge in [-0.3, -0.25) is 10.2 Å². The van der Waals surface area contributed by atoms with Crippen LogP contribution in [0.15, 0.2) is 29.2 Å². The Labute approximate surface area is 126 Å². The molecule has 2 aromatic rings. The predicted molar refractivity (Wildman–Crippen MR) is 85.9 cm³/mol. The number of hydrogen-bond acceptors (Lipinski definition) is 5. The van der Waals surface area contributed by atoms with Crippen LogP contribution in [0.25, 0.3) is 0 Å². The molecule has 0 unspecified atom stereocenters. The van der Waals surface area contributed by atoms with Gasteiger partial charge in [0.2, 0.25) is 0 Å². The van der Waals surface area contributed by atoms with Crippen LogP contribution in [0.2, 0.25) is 0 Å². The van der Waals surface area contributed by atoms with Gasteiger partial charge in [0.05, 0.1) is 4.88 Å². The highest BCUT2D eigenvalue weighted by molar-refractivity contribution is 7.98. The van der Waals surface area contributed by atoms with E-state index in [9.17, 15) is 4.79 Å². The number of benzene rings is 1. The highest BCUT2D eigenvalue weighted by Crippen LogP contribution is 2.32. The zero-order chi connectivity index (χ0) is 14.7. The van der Waals surface area contributed by atoms with Crippen LogP contribution < -0.4 is 17.0 Å². The second-order valence-electron chi connectivity index (χ2n) is 4.50. The van der Waals surface area contributed by atoms with E-state index < -0.39 is 0 Å². The van der Waals surface area contributed by atoms with E-state index in [1.807, 2.05) is 38.1 Å². The van der Waals surface area contributed by atoms with Crippen molar-refractivity contribution < 1.29 is 4.79 Å². The number of nitrogens with two attached hydrogens (primary N) is 2. The molecule has 0 radical (unpaired) electrons. The van der Waals surface area contributed by atoms with Crippen LogP contribution in [-0.2, 0) is 5.75 Å². The average Bonchev–Trinajstić information content (AvgIpc) is 2.78. The summed E-state index contributed by atoms with van der Waals surface area (Å²) in [5.74, 6) is 5.69. The quantitative estimate of drug-likeness (QED) is 0.267. The SMILES string of the molecule is Cc1ccc(SCc2cc(C(=O)NN)sc2C)c(N)c1. The first-order valence-corrected chi connectivity index (χ1v) is 7.90. The maximum absolute atomic E-state index is 11.5. The van der Waals surface area contributed by atoms with Gasteiger partial charge in [-0.05, 0) is 43.2 Å². The molecule has 2 rings (SSSR count). The van der Waals surface area contributed by atoms with Gasteiger partial charge in [-0.25, -0.2) is 5.84 Å². The van der Waals surface area contributed by atoms with Gasteiger partial charge in [0.25, 0.3) is 5.91 Å². The van der Waals surface area contributed by atoms with Crippen molar-refractivity contribution in [3.05, 3.63) is 45.1 Å². The molecule has 0 aliphatic rings. The van der Waals surface area contributed by atoms with E-state index in [0.717, 1.165) is 32.3 Å². The number of rotatable bonds is 4. The van der Waals surface area contributed by atoms with Gasteiger partial charge in [0, 0.05) is 21.2 Å². The van der Waals surface area contributed by atoms with Crippen LogP contribution in [0.1, 0.15) is 25.7 Å². The van der Waals surface area contributed by atoms with Gasteiger partial charge >= 0.3 is 0 Å². The Morgan fingerprint density at radius 1 is 1.35 bits per heavy atom. The minimum absolute atomic E-state index is 0.246. The van der Waals surface area contributed by atoms with Crippen molar-refractivity contribution in [2.75, 3.05) is 5.73 Å². The first-order chi connectivity index (χ1) is 9.51. The molecule has 0 saturated heterocycles. The Morgan fingerprint density at radius 3 is 2.75 bits per heavy atom. The molecule has 20 heavy (non-hydrogen) atoms. The summed E-state index contributed by atoms with van der Waals surface area (Å²) >= 11 is 3.13. The highest BCUT2D eigenvalue weighted by atomic mass is 32.2. The van der Waals surface area contributed by atoms with Crippen LogP contribution in [0, 0.1) is 13.8 Å². The Bertz CT molecular complexity index is 637. The second-order valence-corrected chi connectivity index (χ2v) is 6.77. The summed E-state index contributed by atoms with van der Waals surface area (Å²) in [7, 11) is 0. The van der Waals surface area contributed by atoms with Crippen molar-refractivity contribution in [3.8, 4) is 0 Å². The third-order valence-corrected chi connectivity index (χ3v) is 5.15. The number of hydrogen-bond donors (Lipinski definition) is 3. The lowest BCUT2D eigenvalue weighted by atomic mass is 10.2. The topological polar surface area (TPSA) is 81.1 Å². The number of amides is 1. The zero-order valence-electron chi connectivity index (χ0n) is 11.4. The van der Waals surface area contributed by atoms with Crippen molar-refractivity contribution >= 4 is 34.7 Å². The number of carbonyl (C=O) groups is 1. The fraction of sp³-hybridized carbons (Fsp3) is 0.214.